The maximum atomic E-state index is 12.6. The van der Waals surface area contributed by atoms with Gasteiger partial charge in [-0.2, -0.15) is 0 Å². The van der Waals surface area contributed by atoms with Crippen molar-refractivity contribution >= 4 is 19.8 Å². The molecule has 0 fully saturated rings. The topological polar surface area (TPSA) is 134 Å². The number of phosphoric ester groups is 1. The maximum Gasteiger partial charge on any atom is 0.472 e. The van der Waals surface area contributed by atoms with Crippen LogP contribution in [0.1, 0.15) is 290 Å². The molecular formula is C52H104NO8P. The van der Waals surface area contributed by atoms with Crippen molar-refractivity contribution in [3.05, 3.63) is 0 Å². The summed E-state index contributed by atoms with van der Waals surface area (Å²) < 4.78 is 32.6. The minimum absolute atomic E-state index is 0.0575. The largest absolute Gasteiger partial charge is 0.472 e. The number of phosphoric acid groups is 1. The molecule has 0 aromatic carbocycles. The van der Waals surface area contributed by atoms with Crippen LogP contribution in [0.3, 0.4) is 0 Å². The summed E-state index contributed by atoms with van der Waals surface area (Å²) in [6.07, 6.45) is 54.0. The number of unbranched alkanes of at least 4 members (excludes halogenated alkanes) is 39. The van der Waals surface area contributed by atoms with E-state index in [-0.39, 0.29) is 38.6 Å². The monoisotopic (exact) mass is 902 g/mol. The first-order valence-electron chi connectivity index (χ1n) is 27.0. The number of esters is 2. The molecule has 0 amide bonds. The van der Waals surface area contributed by atoms with E-state index in [1.807, 2.05) is 0 Å². The summed E-state index contributed by atoms with van der Waals surface area (Å²) >= 11 is 0. The lowest BCUT2D eigenvalue weighted by atomic mass is 10.0. The van der Waals surface area contributed by atoms with E-state index in [0.29, 0.717) is 6.42 Å². The number of nitrogens with two attached hydrogens (primary N) is 1. The standard InChI is InChI=1S/C52H104NO8P/c1-3-5-7-9-10-11-12-13-14-15-16-17-18-19-20-21-22-23-24-25-26-27-28-29-30-31-32-33-34-35-36-37-38-39-41-43-45-52(55)61-50(49-60-62(56,57)59-47-46-53)48-58-51(54)44-42-40-8-6-4-2/h50H,3-49,53H2,1-2H3,(H,56,57). The number of carbonyl (C=O) groups is 2. The molecule has 0 aliphatic rings. The van der Waals surface area contributed by atoms with Crippen LogP contribution in [0.4, 0.5) is 0 Å². The molecule has 0 saturated carbocycles. The molecule has 0 radical (unpaired) electrons. The van der Waals surface area contributed by atoms with Gasteiger partial charge in [-0.05, 0) is 12.8 Å². The number of ether oxygens (including phenoxy) is 2. The Morgan fingerprint density at radius 1 is 0.419 bits per heavy atom. The molecule has 2 unspecified atom stereocenters. The molecule has 2 atom stereocenters. The predicted octanol–water partition coefficient (Wildman–Crippen LogP) is 16.3. The Kier molecular flexibility index (Phi) is 48.7. The quantitative estimate of drug-likeness (QED) is 0.0347. The van der Waals surface area contributed by atoms with Crippen molar-refractivity contribution in [1.82, 2.24) is 0 Å². The summed E-state index contributed by atoms with van der Waals surface area (Å²) in [5, 5.41) is 0. The second-order valence-corrected chi connectivity index (χ2v) is 19.9. The summed E-state index contributed by atoms with van der Waals surface area (Å²) in [6.45, 7) is 3.68. The van der Waals surface area contributed by atoms with Gasteiger partial charge in [0.1, 0.15) is 6.61 Å². The van der Waals surface area contributed by atoms with Gasteiger partial charge in [0.05, 0.1) is 13.2 Å². The van der Waals surface area contributed by atoms with Crippen molar-refractivity contribution in [2.24, 2.45) is 5.73 Å². The molecule has 3 N–H and O–H groups in total. The van der Waals surface area contributed by atoms with Gasteiger partial charge in [-0.3, -0.25) is 18.6 Å². The highest BCUT2D eigenvalue weighted by atomic mass is 31.2. The van der Waals surface area contributed by atoms with Crippen molar-refractivity contribution in [2.45, 2.75) is 296 Å². The van der Waals surface area contributed by atoms with E-state index in [1.165, 1.54) is 212 Å². The van der Waals surface area contributed by atoms with Crippen molar-refractivity contribution in [2.75, 3.05) is 26.4 Å². The summed E-state index contributed by atoms with van der Waals surface area (Å²) in [7, 11) is -4.36. The van der Waals surface area contributed by atoms with Crippen LogP contribution >= 0.6 is 7.82 Å². The molecular weight excluding hydrogens is 798 g/mol. The Morgan fingerprint density at radius 2 is 0.694 bits per heavy atom. The van der Waals surface area contributed by atoms with Gasteiger partial charge in [0.2, 0.25) is 0 Å². The predicted molar refractivity (Wildman–Crippen MR) is 262 cm³/mol. The smallest absolute Gasteiger partial charge is 0.462 e. The Hall–Kier alpha value is -0.990. The number of rotatable bonds is 52. The minimum Gasteiger partial charge on any atom is -0.462 e. The molecule has 0 aliphatic carbocycles. The summed E-state index contributed by atoms with van der Waals surface area (Å²) in [6, 6.07) is 0. The number of carbonyl (C=O) groups excluding carboxylic acids is 2. The molecule has 0 bridgehead atoms. The van der Waals surface area contributed by atoms with E-state index in [2.05, 4.69) is 13.8 Å². The van der Waals surface area contributed by atoms with Crippen LogP contribution in [0.5, 0.6) is 0 Å². The lowest BCUT2D eigenvalue weighted by molar-refractivity contribution is -0.161. The van der Waals surface area contributed by atoms with E-state index < -0.39 is 26.5 Å². The fourth-order valence-electron chi connectivity index (χ4n) is 8.23. The second kappa shape index (κ2) is 49.4. The average molecular weight is 902 g/mol. The number of hydrogen-bond donors (Lipinski definition) is 2. The summed E-state index contributed by atoms with van der Waals surface area (Å²) in [5.74, 6) is -0.827. The van der Waals surface area contributed by atoms with E-state index in [0.717, 1.165) is 44.9 Å². The Bertz CT molecular complexity index is 984. The molecule has 0 aliphatic heterocycles. The summed E-state index contributed by atoms with van der Waals surface area (Å²) in [4.78, 5) is 34.6. The van der Waals surface area contributed by atoms with Crippen molar-refractivity contribution in [3.8, 4) is 0 Å². The van der Waals surface area contributed by atoms with Crippen LogP contribution < -0.4 is 5.73 Å². The van der Waals surface area contributed by atoms with Gasteiger partial charge in [0.25, 0.3) is 0 Å². The SMILES string of the molecule is CCCCCCCCCCCCCCCCCCCCCCCCCCCCCCCCCCCCCCC(=O)OC(COC(=O)CCCCCCC)COP(=O)(O)OCCN. The first kappa shape index (κ1) is 61.0. The zero-order valence-corrected chi connectivity index (χ0v) is 42.0. The van der Waals surface area contributed by atoms with Crippen LogP contribution in [0.2, 0.25) is 0 Å². The maximum absolute atomic E-state index is 12.6. The van der Waals surface area contributed by atoms with Gasteiger partial charge in [-0.1, -0.05) is 264 Å². The van der Waals surface area contributed by atoms with Gasteiger partial charge in [0, 0.05) is 19.4 Å². The van der Waals surface area contributed by atoms with Crippen molar-refractivity contribution in [1.29, 1.82) is 0 Å². The van der Waals surface area contributed by atoms with Crippen LogP contribution in [0.15, 0.2) is 0 Å². The third-order valence-electron chi connectivity index (χ3n) is 12.2. The zero-order chi connectivity index (χ0) is 45.3. The molecule has 370 valence electrons. The van der Waals surface area contributed by atoms with Gasteiger partial charge >= 0.3 is 19.8 Å². The summed E-state index contributed by atoms with van der Waals surface area (Å²) in [5.41, 5.74) is 5.34. The molecule has 0 aromatic rings. The second-order valence-electron chi connectivity index (χ2n) is 18.5. The Morgan fingerprint density at radius 3 is 0.984 bits per heavy atom. The highest BCUT2D eigenvalue weighted by Gasteiger charge is 2.26. The van der Waals surface area contributed by atoms with Crippen LogP contribution in [-0.2, 0) is 32.7 Å². The van der Waals surface area contributed by atoms with Gasteiger partial charge in [-0.15, -0.1) is 0 Å². The highest BCUT2D eigenvalue weighted by molar-refractivity contribution is 7.47. The molecule has 0 heterocycles. The van der Waals surface area contributed by atoms with E-state index in [4.69, 9.17) is 24.3 Å². The Labute approximate surface area is 384 Å². The first-order valence-corrected chi connectivity index (χ1v) is 28.5. The molecule has 62 heavy (non-hydrogen) atoms. The normalized spacial score (nSPS) is 13.0. The van der Waals surface area contributed by atoms with Crippen molar-refractivity contribution < 1.29 is 37.6 Å². The van der Waals surface area contributed by atoms with Gasteiger partial charge in [0.15, 0.2) is 6.10 Å². The zero-order valence-electron chi connectivity index (χ0n) is 41.1. The van der Waals surface area contributed by atoms with E-state index >= 15 is 0 Å². The fraction of sp³-hybridized carbons (Fsp3) is 0.962. The Balaban J connectivity index is 3.59. The van der Waals surface area contributed by atoms with Gasteiger partial charge in [-0.25, -0.2) is 4.57 Å². The van der Waals surface area contributed by atoms with Crippen LogP contribution in [0.25, 0.3) is 0 Å². The molecule has 0 aromatic heterocycles. The van der Waals surface area contributed by atoms with Crippen molar-refractivity contribution in [3.63, 3.8) is 0 Å². The van der Waals surface area contributed by atoms with Gasteiger partial charge < -0.3 is 20.1 Å². The molecule has 0 spiro atoms. The molecule has 9 nitrogen and oxygen atoms in total. The van der Waals surface area contributed by atoms with E-state index in [9.17, 15) is 19.0 Å². The molecule has 0 rings (SSSR count). The lowest BCUT2D eigenvalue weighted by Gasteiger charge is -2.19. The molecule has 0 saturated heterocycles. The minimum atomic E-state index is -4.36. The van der Waals surface area contributed by atoms with Crippen LogP contribution in [0, 0.1) is 0 Å². The fourth-order valence-corrected chi connectivity index (χ4v) is 8.99. The lowest BCUT2D eigenvalue weighted by Crippen LogP contribution is -2.29. The highest BCUT2D eigenvalue weighted by Crippen LogP contribution is 2.43. The molecule has 10 heteroatoms. The third kappa shape index (κ3) is 48.5. The van der Waals surface area contributed by atoms with E-state index in [1.54, 1.807) is 0 Å². The van der Waals surface area contributed by atoms with Crippen LogP contribution in [-0.4, -0.2) is 49.3 Å². The third-order valence-corrected chi connectivity index (χ3v) is 13.2. The first-order chi connectivity index (χ1) is 30.3. The average Bonchev–Trinajstić information content (AvgIpc) is 3.26. The number of hydrogen-bond acceptors (Lipinski definition) is 8.